The Morgan fingerprint density at radius 3 is 2.29 bits per heavy atom. The largest absolute Gasteiger partial charge is 0.492 e. The second-order valence-corrected chi connectivity index (χ2v) is 6.55. The first-order valence-corrected chi connectivity index (χ1v) is 9.73. The van der Waals surface area contributed by atoms with Crippen LogP contribution in [0.3, 0.4) is 0 Å². The van der Waals surface area contributed by atoms with Gasteiger partial charge < -0.3 is 10.1 Å². The van der Waals surface area contributed by atoms with Gasteiger partial charge in [-0.25, -0.2) is 0 Å². The van der Waals surface area contributed by atoms with E-state index in [0.717, 1.165) is 25.4 Å². The van der Waals surface area contributed by atoms with Crippen molar-refractivity contribution in [2.75, 3.05) is 19.7 Å². The number of hydrogen-bond acceptors (Lipinski definition) is 2. The Morgan fingerprint density at radius 2 is 1.46 bits per heavy atom. The minimum atomic E-state index is 0.727. The highest BCUT2D eigenvalue weighted by molar-refractivity contribution is 5.88. The van der Waals surface area contributed by atoms with Gasteiger partial charge in [0.1, 0.15) is 12.4 Å². The van der Waals surface area contributed by atoms with Crippen LogP contribution in [0, 0.1) is 0 Å². The van der Waals surface area contributed by atoms with Crippen LogP contribution in [0.5, 0.6) is 5.75 Å². The molecule has 2 heteroatoms. The SMILES string of the molecule is CCCCCCCCCCNCCOc1cccc2ccccc12. The molecule has 0 bridgehead atoms. The molecule has 0 saturated carbocycles. The highest BCUT2D eigenvalue weighted by Crippen LogP contribution is 2.24. The Bertz CT molecular complexity index is 561. The van der Waals surface area contributed by atoms with E-state index >= 15 is 0 Å². The molecule has 0 heterocycles. The molecule has 2 aromatic rings. The summed E-state index contributed by atoms with van der Waals surface area (Å²) in [6.45, 7) is 5.02. The molecule has 0 aliphatic rings. The quantitative estimate of drug-likeness (QED) is 0.459. The highest BCUT2D eigenvalue weighted by Gasteiger charge is 2.00. The zero-order valence-electron chi connectivity index (χ0n) is 15.2. The molecule has 2 rings (SSSR count). The van der Waals surface area contributed by atoms with Gasteiger partial charge in [-0.05, 0) is 24.4 Å². The Labute approximate surface area is 147 Å². The topological polar surface area (TPSA) is 21.3 Å². The van der Waals surface area contributed by atoms with Gasteiger partial charge in [0.2, 0.25) is 0 Å². The molecule has 0 aromatic heterocycles. The summed E-state index contributed by atoms with van der Waals surface area (Å²) in [6, 6.07) is 14.6. The van der Waals surface area contributed by atoms with E-state index in [1.165, 1.54) is 62.1 Å². The third kappa shape index (κ3) is 6.92. The van der Waals surface area contributed by atoms with Gasteiger partial charge in [-0.15, -0.1) is 0 Å². The second kappa shape index (κ2) is 11.9. The molecule has 0 atom stereocenters. The molecule has 132 valence electrons. The smallest absolute Gasteiger partial charge is 0.127 e. The third-order valence-corrected chi connectivity index (χ3v) is 4.49. The molecule has 2 aromatic carbocycles. The zero-order valence-corrected chi connectivity index (χ0v) is 15.2. The van der Waals surface area contributed by atoms with Crippen molar-refractivity contribution >= 4 is 10.8 Å². The second-order valence-electron chi connectivity index (χ2n) is 6.55. The van der Waals surface area contributed by atoms with E-state index in [1.807, 2.05) is 0 Å². The molecule has 0 saturated heterocycles. The molecular weight excluding hydrogens is 294 g/mol. The number of rotatable bonds is 13. The lowest BCUT2D eigenvalue weighted by atomic mass is 10.1. The van der Waals surface area contributed by atoms with Gasteiger partial charge in [0.25, 0.3) is 0 Å². The van der Waals surface area contributed by atoms with Crippen LogP contribution in [-0.4, -0.2) is 19.7 Å². The van der Waals surface area contributed by atoms with E-state index in [-0.39, 0.29) is 0 Å². The summed E-state index contributed by atoms with van der Waals surface area (Å²) in [5, 5.41) is 5.93. The van der Waals surface area contributed by atoms with Crippen LogP contribution in [0.4, 0.5) is 0 Å². The molecule has 0 unspecified atom stereocenters. The fourth-order valence-electron chi connectivity index (χ4n) is 3.06. The van der Waals surface area contributed by atoms with Crippen LogP contribution >= 0.6 is 0 Å². The monoisotopic (exact) mass is 327 g/mol. The fraction of sp³-hybridized carbons (Fsp3) is 0.545. The Hall–Kier alpha value is -1.54. The molecule has 0 radical (unpaired) electrons. The van der Waals surface area contributed by atoms with Crippen molar-refractivity contribution in [2.45, 2.75) is 58.3 Å². The van der Waals surface area contributed by atoms with Crippen molar-refractivity contribution in [1.82, 2.24) is 5.32 Å². The average Bonchev–Trinajstić information content (AvgIpc) is 2.63. The van der Waals surface area contributed by atoms with Crippen LogP contribution in [-0.2, 0) is 0 Å². The molecule has 2 nitrogen and oxygen atoms in total. The molecule has 0 aliphatic carbocycles. The average molecular weight is 328 g/mol. The summed E-state index contributed by atoms with van der Waals surface area (Å²) in [5.41, 5.74) is 0. The maximum absolute atomic E-state index is 5.94. The third-order valence-electron chi connectivity index (χ3n) is 4.49. The van der Waals surface area contributed by atoms with Gasteiger partial charge in [-0.2, -0.15) is 0 Å². The first-order chi connectivity index (χ1) is 11.9. The van der Waals surface area contributed by atoms with Gasteiger partial charge in [0.05, 0.1) is 0 Å². The van der Waals surface area contributed by atoms with Crippen molar-refractivity contribution in [2.24, 2.45) is 0 Å². The normalized spacial score (nSPS) is 11.0. The fourth-order valence-corrected chi connectivity index (χ4v) is 3.06. The Balaban J connectivity index is 1.49. The van der Waals surface area contributed by atoms with Crippen molar-refractivity contribution in [3.05, 3.63) is 42.5 Å². The van der Waals surface area contributed by atoms with E-state index in [2.05, 4.69) is 54.7 Å². The zero-order chi connectivity index (χ0) is 16.9. The van der Waals surface area contributed by atoms with Gasteiger partial charge in [-0.3, -0.25) is 0 Å². The molecule has 1 N–H and O–H groups in total. The first kappa shape index (κ1) is 18.8. The van der Waals surface area contributed by atoms with Crippen LogP contribution in [0.2, 0.25) is 0 Å². The Morgan fingerprint density at radius 1 is 0.750 bits per heavy atom. The van der Waals surface area contributed by atoms with Crippen molar-refractivity contribution < 1.29 is 4.74 Å². The van der Waals surface area contributed by atoms with E-state index in [1.54, 1.807) is 0 Å². The summed E-state index contributed by atoms with van der Waals surface area (Å²) in [6.07, 6.45) is 11.0. The lowest BCUT2D eigenvalue weighted by Gasteiger charge is -2.10. The van der Waals surface area contributed by atoms with Gasteiger partial charge in [0, 0.05) is 11.9 Å². The number of nitrogens with one attached hydrogen (secondary N) is 1. The van der Waals surface area contributed by atoms with E-state index in [4.69, 9.17) is 4.74 Å². The lowest BCUT2D eigenvalue weighted by molar-refractivity contribution is 0.317. The summed E-state index contributed by atoms with van der Waals surface area (Å²) in [5.74, 6) is 0.988. The molecule has 0 aliphatic heterocycles. The van der Waals surface area contributed by atoms with E-state index < -0.39 is 0 Å². The predicted molar refractivity (Wildman–Crippen MR) is 105 cm³/mol. The first-order valence-electron chi connectivity index (χ1n) is 9.73. The maximum atomic E-state index is 5.94. The molecule has 24 heavy (non-hydrogen) atoms. The number of ether oxygens (including phenoxy) is 1. The Kier molecular flexibility index (Phi) is 9.33. The minimum absolute atomic E-state index is 0.727. The van der Waals surface area contributed by atoms with Crippen molar-refractivity contribution in [1.29, 1.82) is 0 Å². The van der Waals surface area contributed by atoms with E-state index in [0.29, 0.717) is 0 Å². The van der Waals surface area contributed by atoms with Crippen LogP contribution in [0.25, 0.3) is 10.8 Å². The standard InChI is InChI=1S/C22H33NO/c1-2-3-4-5-6-7-8-11-17-23-18-19-24-22-16-12-14-20-13-9-10-15-21(20)22/h9-10,12-16,23H,2-8,11,17-19H2,1H3. The number of hydrogen-bond donors (Lipinski definition) is 1. The summed E-state index contributed by atoms with van der Waals surface area (Å²) < 4.78 is 5.94. The van der Waals surface area contributed by atoms with Crippen LogP contribution < -0.4 is 10.1 Å². The summed E-state index contributed by atoms with van der Waals surface area (Å²) >= 11 is 0. The molecule has 0 amide bonds. The number of benzene rings is 2. The van der Waals surface area contributed by atoms with Crippen molar-refractivity contribution in [3.8, 4) is 5.75 Å². The summed E-state index contributed by atoms with van der Waals surface area (Å²) in [4.78, 5) is 0. The number of fused-ring (bicyclic) bond motifs is 1. The predicted octanol–water partition coefficient (Wildman–Crippen LogP) is 5.95. The van der Waals surface area contributed by atoms with Crippen molar-refractivity contribution in [3.63, 3.8) is 0 Å². The lowest BCUT2D eigenvalue weighted by Crippen LogP contribution is -2.22. The van der Waals surface area contributed by atoms with Gasteiger partial charge >= 0.3 is 0 Å². The van der Waals surface area contributed by atoms with E-state index in [9.17, 15) is 0 Å². The molecule has 0 spiro atoms. The van der Waals surface area contributed by atoms with Crippen LogP contribution in [0.1, 0.15) is 58.3 Å². The highest BCUT2D eigenvalue weighted by atomic mass is 16.5. The van der Waals surface area contributed by atoms with Crippen LogP contribution in [0.15, 0.2) is 42.5 Å². The summed E-state index contributed by atoms with van der Waals surface area (Å²) in [7, 11) is 0. The molecular formula is C22H33NO. The number of unbranched alkanes of at least 4 members (excludes halogenated alkanes) is 7. The van der Waals surface area contributed by atoms with Gasteiger partial charge in [-0.1, -0.05) is 88.3 Å². The van der Waals surface area contributed by atoms with Gasteiger partial charge in [0.15, 0.2) is 0 Å². The molecule has 0 fully saturated rings. The maximum Gasteiger partial charge on any atom is 0.127 e. The minimum Gasteiger partial charge on any atom is -0.492 e.